The van der Waals surface area contributed by atoms with Crippen molar-refractivity contribution in [3.05, 3.63) is 0 Å². The van der Waals surface area contributed by atoms with Crippen LogP contribution in [0.15, 0.2) is 0 Å². The van der Waals surface area contributed by atoms with Gasteiger partial charge in [0, 0.05) is 5.92 Å². The van der Waals surface area contributed by atoms with Crippen molar-refractivity contribution in [3.63, 3.8) is 0 Å². The first-order chi connectivity index (χ1) is 5.85. The van der Waals surface area contributed by atoms with E-state index < -0.39 is 0 Å². The van der Waals surface area contributed by atoms with E-state index in [2.05, 4.69) is 29.6 Å². The first kappa shape index (κ1) is 8.77. The molecule has 1 unspecified atom stereocenters. The summed E-state index contributed by atoms with van der Waals surface area (Å²) in [5, 5.41) is 8.81. The molecule has 0 aromatic heterocycles. The van der Waals surface area contributed by atoms with E-state index in [9.17, 15) is 0 Å². The maximum atomic E-state index is 8.81. The van der Waals surface area contributed by atoms with Crippen molar-refractivity contribution in [2.45, 2.75) is 29.8 Å². The molecule has 1 heterocycles. The summed E-state index contributed by atoms with van der Waals surface area (Å²) >= 11 is 4.21. The van der Waals surface area contributed by atoms with Crippen molar-refractivity contribution in [2.75, 3.05) is 11.5 Å². The zero-order chi connectivity index (χ0) is 8.44. The highest BCUT2D eigenvalue weighted by atomic mass is 32.2. The third-order valence-corrected chi connectivity index (χ3v) is 6.12. The van der Waals surface area contributed by atoms with Crippen LogP contribution in [0.3, 0.4) is 0 Å². The van der Waals surface area contributed by atoms with E-state index in [1.54, 1.807) is 0 Å². The van der Waals surface area contributed by atoms with E-state index in [-0.39, 0.29) is 0 Å². The van der Waals surface area contributed by atoms with E-state index in [1.807, 2.05) is 0 Å². The van der Waals surface area contributed by atoms with Crippen molar-refractivity contribution in [3.8, 4) is 6.07 Å². The molecular formula is C9H13NS2. The van der Waals surface area contributed by atoms with Crippen molar-refractivity contribution < 1.29 is 0 Å². The van der Waals surface area contributed by atoms with Gasteiger partial charge in [-0.15, -0.1) is 23.5 Å². The molecule has 0 aromatic carbocycles. The van der Waals surface area contributed by atoms with Crippen LogP contribution >= 0.6 is 23.5 Å². The quantitative estimate of drug-likeness (QED) is 0.599. The molecule has 0 radical (unpaired) electrons. The molecule has 0 aromatic rings. The van der Waals surface area contributed by atoms with Crippen molar-refractivity contribution in [1.29, 1.82) is 5.26 Å². The topological polar surface area (TPSA) is 23.8 Å². The normalized spacial score (nSPS) is 33.4. The Kier molecular flexibility index (Phi) is 2.57. The summed E-state index contributed by atoms with van der Waals surface area (Å²) in [5.74, 6) is 2.97. The molecule has 1 saturated carbocycles. The van der Waals surface area contributed by atoms with Crippen LogP contribution in [0.25, 0.3) is 0 Å². The standard InChI is InChI=1S/C9H13NS2/c10-7-8-2-3-9(6-8)11-4-1-5-12-9/h8H,1-6H2. The number of hydrogen-bond donors (Lipinski definition) is 0. The molecule has 1 aliphatic heterocycles. The van der Waals surface area contributed by atoms with E-state index >= 15 is 0 Å². The summed E-state index contributed by atoms with van der Waals surface area (Å²) < 4.78 is 0.457. The molecule has 1 nitrogen and oxygen atoms in total. The average molecular weight is 199 g/mol. The van der Waals surface area contributed by atoms with E-state index in [4.69, 9.17) is 5.26 Å². The zero-order valence-corrected chi connectivity index (χ0v) is 8.72. The number of hydrogen-bond acceptors (Lipinski definition) is 3. The Morgan fingerprint density at radius 1 is 1.33 bits per heavy atom. The minimum Gasteiger partial charge on any atom is -0.198 e. The molecule has 0 bridgehead atoms. The van der Waals surface area contributed by atoms with Crippen molar-refractivity contribution in [2.24, 2.45) is 5.92 Å². The highest BCUT2D eigenvalue weighted by Crippen LogP contribution is 2.54. The van der Waals surface area contributed by atoms with Crippen molar-refractivity contribution >= 4 is 23.5 Å². The van der Waals surface area contributed by atoms with Crippen LogP contribution in [-0.4, -0.2) is 15.6 Å². The van der Waals surface area contributed by atoms with Gasteiger partial charge in [0.1, 0.15) is 0 Å². The predicted octanol–water partition coefficient (Wildman–Crippen LogP) is 2.88. The van der Waals surface area contributed by atoms with E-state index in [1.165, 1.54) is 24.3 Å². The average Bonchev–Trinajstić information content (AvgIpc) is 2.50. The minimum absolute atomic E-state index is 0.350. The van der Waals surface area contributed by atoms with Crippen LogP contribution in [0.2, 0.25) is 0 Å². The molecule has 2 aliphatic rings. The van der Waals surface area contributed by atoms with Crippen LogP contribution in [0.4, 0.5) is 0 Å². The lowest BCUT2D eigenvalue weighted by atomic mass is 10.1. The summed E-state index contributed by atoms with van der Waals surface area (Å²) in [4.78, 5) is 0. The summed E-state index contributed by atoms with van der Waals surface area (Å²) in [6.07, 6.45) is 4.89. The van der Waals surface area contributed by atoms with Crippen LogP contribution in [0.1, 0.15) is 25.7 Å². The Bertz CT molecular complexity index is 203. The lowest BCUT2D eigenvalue weighted by molar-refractivity contribution is 0.697. The Labute approximate surface area is 82.3 Å². The SMILES string of the molecule is N#CC1CCC2(C1)SCCCS2. The zero-order valence-electron chi connectivity index (χ0n) is 7.08. The van der Waals surface area contributed by atoms with Crippen LogP contribution < -0.4 is 0 Å². The monoisotopic (exact) mass is 199 g/mol. The number of thioether (sulfide) groups is 2. The molecule has 0 amide bonds. The molecule has 1 saturated heterocycles. The molecule has 12 heavy (non-hydrogen) atoms. The molecule has 1 spiro atoms. The number of rotatable bonds is 0. The third-order valence-electron chi connectivity index (χ3n) is 2.63. The highest BCUT2D eigenvalue weighted by molar-refractivity contribution is 8.18. The summed E-state index contributed by atoms with van der Waals surface area (Å²) in [6, 6.07) is 2.41. The second-order valence-electron chi connectivity index (χ2n) is 3.53. The fourth-order valence-corrected chi connectivity index (χ4v) is 5.46. The number of nitriles is 1. The minimum atomic E-state index is 0.350. The molecule has 2 rings (SSSR count). The first-order valence-electron chi connectivity index (χ1n) is 4.52. The van der Waals surface area contributed by atoms with Gasteiger partial charge in [-0.25, -0.2) is 0 Å². The molecule has 3 heteroatoms. The van der Waals surface area contributed by atoms with Gasteiger partial charge < -0.3 is 0 Å². The van der Waals surface area contributed by atoms with Crippen LogP contribution in [-0.2, 0) is 0 Å². The molecule has 1 atom stereocenters. The second kappa shape index (κ2) is 3.51. The largest absolute Gasteiger partial charge is 0.198 e. The van der Waals surface area contributed by atoms with Gasteiger partial charge in [0.2, 0.25) is 0 Å². The van der Waals surface area contributed by atoms with Gasteiger partial charge >= 0.3 is 0 Å². The van der Waals surface area contributed by atoms with E-state index in [0.717, 1.165) is 12.8 Å². The molecule has 66 valence electrons. The molecular weight excluding hydrogens is 186 g/mol. The maximum Gasteiger partial charge on any atom is 0.0656 e. The van der Waals surface area contributed by atoms with Gasteiger partial charge in [-0.3, -0.25) is 0 Å². The van der Waals surface area contributed by atoms with Gasteiger partial charge in [0.05, 0.1) is 10.1 Å². The third kappa shape index (κ3) is 1.60. The molecule has 2 fully saturated rings. The van der Waals surface area contributed by atoms with Crippen LogP contribution in [0.5, 0.6) is 0 Å². The summed E-state index contributed by atoms with van der Waals surface area (Å²) in [7, 11) is 0. The Morgan fingerprint density at radius 3 is 2.67 bits per heavy atom. The Balaban J connectivity index is 1.99. The predicted molar refractivity (Wildman–Crippen MR) is 55.2 cm³/mol. The highest BCUT2D eigenvalue weighted by Gasteiger charge is 2.41. The van der Waals surface area contributed by atoms with Gasteiger partial charge in [-0.2, -0.15) is 5.26 Å². The van der Waals surface area contributed by atoms with Gasteiger partial charge in [0.25, 0.3) is 0 Å². The Hall–Kier alpha value is 0.190. The lowest BCUT2D eigenvalue weighted by Gasteiger charge is -2.31. The van der Waals surface area contributed by atoms with Crippen molar-refractivity contribution in [1.82, 2.24) is 0 Å². The summed E-state index contributed by atoms with van der Waals surface area (Å²) in [6.45, 7) is 0. The number of nitrogens with zero attached hydrogens (tertiary/aromatic N) is 1. The fourth-order valence-electron chi connectivity index (χ4n) is 1.96. The van der Waals surface area contributed by atoms with Gasteiger partial charge in [-0.05, 0) is 37.2 Å². The maximum absolute atomic E-state index is 8.81. The Morgan fingerprint density at radius 2 is 2.08 bits per heavy atom. The first-order valence-corrected chi connectivity index (χ1v) is 6.49. The summed E-state index contributed by atoms with van der Waals surface area (Å²) in [5.41, 5.74) is 0. The fraction of sp³-hybridized carbons (Fsp3) is 0.889. The second-order valence-corrected chi connectivity index (χ2v) is 6.75. The van der Waals surface area contributed by atoms with Crippen LogP contribution in [0, 0.1) is 17.2 Å². The molecule has 0 N–H and O–H groups in total. The lowest BCUT2D eigenvalue weighted by Crippen LogP contribution is -2.21. The van der Waals surface area contributed by atoms with E-state index in [0.29, 0.717) is 10.00 Å². The smallest absolute Gasteiger partial charge is 0.0656 e. The van der Waals surface area contributed by atoms with Gasteiger partial charge in [-0.1, -0.05) is 0 Å². The van der Waals surface area contributed by atoms with Gasteiger partial charge in [0.15, 0.2) is 0 Å². The molecule has 1 aliphatic carbocycles.